The molecule has 0 rings (SSSR count). The van der Waals surface area contributed by atoms with E-state index < -0.39 is 97.5 Å². The van der Waals surface area contributed by atoms with Crippen molar-refractivity contribution in [3.05, 3.63) is 0 Å². The highest BCUT2D eigenvalue weighted by Crippen LogP contribution is 2.45. The van der Waals surface area contributed by atoms with Crippen LogP contribution in [0, 0.1) is 23.7 Å². The molecular weight excluding hydrogens is 1170 g/mol. The second kappa shape index (κ2) is 59.8. The largest absolute Gasteiger partial charge is 0.472 e. The van der Waals surface area contributed by atoms with E-state index in [0.29, 0.717) is 31.6 Å². The summed E-state index contributed by atoms with van der Waals surface area (Å²) in [5.74, 6) is 0.831. The Kier molecular flexibility index (Phi) is 58.5. The molecule has 0 aliphatic heterocycles. The molecule has 0 radical (unpaired) electrons. The molecule has 19 heteroatoms. The van der Waals surface area contributed by atoms with E-state index in [-0.39, 0.29) is 25.7 Å². The van der Waals surface area contributed by atoms with Crippen LogP contribution in [0.25, 0.3) is 0 Å². The van der Waals surface area contributed by atoms with E-state index in [4.69, 9.17) is 37.0 Å². The summed E-state index contributed by atoms with van der Waals surface area (Å²) in [6.45, 7) is 14.0. The predicted molar refractivity (Wildman–Crippen MR) is 358 cm³/mol. The first-order chi connectivity index (χ1) is 42.6. The third kappa shape index (κ3) is 63.2. The number of hydrogen-bond donors (Lipinski definition) is 3. The summed E-state index contributed by atoms with van der Waals surface area (Å²) in [6, 6.07) is 0. The molecule has 89 heavy (non-hydrogen) atoms. The molecule has 0 aromatic heterocycles. The minimum atomic E-state index is -4.95. The smallest absolute Gasteiger partial charge is 0.462 e. The topological polar surface area (TPSA) is 237 Å². The average molecular weight is 1310 g/mol. The zero-order valence-corrected chi connectivity index (χ0v) is 59.8. The second-order valence-corrected chi connectivity index (χ2v) is 29.8. The first-order valence-electron chi connectivity index (χ1n) is 36.2. The lowest BCUT2D eigenvalue weighted by molar-refractivity contribution is -0.161. The van der Waals surface area contributed by atoms with Gasteiger partial charge in [0.2, 0.25) is 0 Å². The number of ether oxygens (including phenoxy) is 4. The highest BCUT2D eigenvalue weighted by atomic mass is 31.2. The highest BCUT2D eigenvalue weighted by Gasteiger charge is 2.30. The third-order valence-electron chi connectivity index (χ3n) is 16.4. The normalized spacial score (nSPS) is 14.6. The SMILES string of the molecule is CCC(C)CCCCCCCCC(=O)O[C@H](COC(=O)CCCCCCCCCCCC(C)C)COP(=O)(O)OCC(O)COP(=O)(O)OC[C@@H](COC(=O)CCCCCCCCCC(C)C)OC(=O)CCCCCCCCCCCCCCCCC(C)C. The van der Waals surface area contributed by atoms with Gasteiger partial charge in [-0.2, -0.15) is 0 Å². The number of unbranched alkanes of at least 4 members (excludes halogenated alkanes) is 32. The van der Waals surface area contributed by atoms with E-state index in [1.54, 1.807) is 0 Å². The lowest BCUT2D eigenvalue weighted by Gasteiger charge is -2.21. The number of carbonyl (C=O) groups is 4. The molecule has 0 fully saturated rings. The summed E-state index contributed by atoms with van der Waals surface area (Å²) >= 11 is 0. The van der Waals surface area contributed by atoms with Gasteiger partial charge in [-0.15, -0.1) is 0 Å². The van der Waals surface area contributed by atoms with Gasteiger partial charge in [0.25, 0.3) is 0 Å². The van der Waals surface area contributed by atoms with Crippen molar-refractivity contribution in [1.29, 1.82) is 0 Å². The number of aliphatic hydroxyl groups is 1. The minimum Gasteiger partial charge on any atom is -0.462 e. The van der Waals surface area contributed by atoms with Crippen LogP contribution in [0.2, 0.25) is 0 Å². The number of aliphatic hydroxyl groups excluding tert-OH is 1. The van der Waals surface area contributed by atoms with E-state index in [9.17, 15) is 43.2 Å². The lowest BCUT2D eigenvalue weighted by atomic mass is 10.00. The van der Waals surface area contributed by atoms with E-state index in [2.05, 4.69) is 55.4 Å². The van der Waals surface area contributed by atoms with E-state index in [0.717, 1.165) is 114 Å². The van der Waals surface area contributed by atoms with Crippen LogP contribution in [0.4, 0.5) is 0 Å². The van der Waals surface area contributed by atoms with Gasteiger partial charge >= 0.3 is 39.5 Å². The Hall–Kier alpha value is -1.94. The Balaban J connectivity index is 5.23. The molecule has 6 atom stereocenters. The quantitative estimate of drug-likeness (QED) is 0.0222. The van der Waals surface area contributed by atoms with Gasteiger partial charge in [-0.05, 0) is 49.4 Å². The van der Waals surface area contributed by atoms with Gasteiger partial charge in [-0.3, -0.25) is 37.3 Å². The number of rotatable bonds is 67. The first kappa shape index (κ1) is 87.1. The molecule has 0 saturated carbocycles. The molecule has 0 spiro atoms. The van der Waals surface area contributed by atoms with E-state index >= 15 is 0 Å². The van der Waals surface area contributed by atoms with Crippen molar-refractivity contribution in [3.8, 4) is 0 Å². The van der Waals surface area contributed by atoms with Gasteiger partial charge in [0.15, 0.2) is 12.2 Å². The molecule has 3 N–H and O–H groups in total. The number of hydrogen-bond acceptors (Lipinski definition) is 15. The van der Waals surface area contributed by atoms with Crippen LogP contribution in [0.1, 0.15) is 344 Å². The number of carbonyl (C=O) groups excluding carboxylic acids is 4. The molecule has 0 aliphatic rings. The maximum atomic E-state index is 13.0. The van der Waals surface area contributed by atoms with Crippen molar-refractivity contribution < 1.29 is 80.2 Å². The minimum absolute atomic E-state index is 0.102. The van der Waals surface area contributed by atoms with Crippen LogP contribution in [-0.2, 0) is 65.4 Å². The van der Waals surface area contributed by atoms with Gasteiger partial charge < -0.3 is 33.8 Å². The Bertz CT molecular complexity index is 1770. The maximum absolute atomic E-state index is 13.0. The standard InChI is InChI=1S/C70H136O17P2/c1-9-63(8)49-41-33-28-29-37-45-53-70(75)87-66(57-80-67(72)50-42-34-25-20-16-18-23-31-39-47-61(4)5)59-85-89(78,79)83-55-64(71)54-82-88(76,77)84-58-65(56-81-68(73)51-43-35-27-21-24-32-40-48-62(6)7)86-69(74)52-44-36-26-19-15-13-11-10-12-14-17-22-30-38-46-60(2)3/h60-66,71H,9-59H2,1-8H3,(H,76,77)(H,78,79)/t63?,64?,65-,66-/m1/s1. The van der Waals surface area contributed by atoms with Crippen LogP contribution in [0.3, 0.4) is 0 Å². The molecule has 0 aliphatic carbocycles. The van der Waals surface area contributed by atoms with Crippen molar-refractivity contribution in [1.82, 2.24) is 0 Å². The molecular formula is C70H136O17P2. The van der Waals surface area contributed by atoms with Crippen LogP contribution < -0.4 is 0 Å². The summed E-state index contributed by atoms with van der Waals surface area (Å²) in [6.07, 6.45) is 41.8. The highest BCUT2D eigenvalue weighted by molar-refractivity contribution is 7.47. The Morgan fingerprint density at radius 1 is 0.315 bits per heavy atom. The summed E-state index contributed by atoms with van der Waals surface area (Å²) < 4.78 is 68.2. The van der Waals surface area contributed by atoms with Crippen molar-refractivity contribution in [3.63, 3.8) is 0 Å². The molecule has 0 aromatic rings. The van der Waals surface area contributed by atoms with Gasteiger partial charge in [0, 0.05) is 25.7 Å². The van der Waals surface area contributed by atoms with Crippen LogP contribution in [-0.4, -0.2) is 96.7 Å². The summed E-state index contributed by atoms with van der Waals surface area (Å²) in [4.78, 5) is 72.5. The molecule has 0 aromatic carbocycles. The fourth-order valence-corrected chi connectivity index (χ4v) is 12.0. The summed E-state index contributed by atoms with van der Waals surface area (Å²) in [5, 5.41) is 10.6. The Labute approximate surface area is 543 Å². The zero-order valence-electron chi connectivity index (χ0n) is 58.1. The Morgan fingerprint density at radius 3 is 0.798 bits per heavy atom. The molecule has 17 nitrogen and oxygen atoms in total. The Morgan fingerprint density at radius 2 is 0.539 bits per heavy atom. The molecule has 0 heterocycles. The fraction of sp³-hybridized carbons (Fsp3) is 0.943. The number of phosphoric acid groups is 2. The molecule has 4 unspecified atom stereocenters. The van der Waals surface area contributed by atoms with Crippen LogP contribution in [0.15, 0.2) is 0 Å². The van der Waals surface area contributed by atoms with Crippen molar-refractivity contribution in [2.45, 2.75) is 363 Å². The lowest BCUT2D eigenvalue weighted by Crippen LogP contribution is -2.30. The average Bonchev–Trinajstić information content (AvgIpc) is 3.70. The molecule has 0 bridgehead atoms. The van der Waals surface area contributed by atoms with Crippen LogP contribution >= 0.6 is 15.6 Å². The van der Waals surface area contributed by atoms with Crippen molar-refractivity contribution >= 4 is 39.5 Å². The number of esters is 4. The van der Waals surface area contributed by atoms with Crippen LogP contribution in [0.5, 0.6) is 0 Å². The third-order valence-corrected chi connectivity index (χ3v) is 18.3. The monoisotopic (exact) mass is 1310 g/mol. The first-order valence-corrected chi connectivity index (χ1v) is 39.2. The molecule has 0 saturated heterocycles. The molecule has 528 valence electrons. The van der Waals surface area contributed by atoms with E-state index in [1.165, 1.54) is 141 Å². The second-order valence-electron chi connectivity index (χ2n) is 26.9. The zero-order chi connectivity index (χ0) is 66.1. The van der Waals surface area contributed by atoms with Gasteiger partial charge in [-0.1, -0.05) is 293 Å². The van der Waals surface area contributed by atoms with Crippen molar-refractivity contribution in [2.75, 3.05) is 39.6 Å². The van der Waals surface area contributed by atoms with Gasteiger partial charge in [-0.25, -0.2) is 9.13 Å². The van der Waals surface area contributed by atoms with Crippen molar-refractivity contribution in [2.24, 2.45) is 23.7 Å². The maximum Gasteiger partial charge on any atom is 0.472 e. The van der Waals surface area contributed by atoms with Gasteiger partial charge in [0.1, 0.15) is 19.3 Å². The fourth-order valence-electron chi connectivity index (χ4n) is 10.5. The summed E-state index contributed by atoms with van der Waals surface area (Å²) in [5.41, 5.74) is 0. The van der Waals surface area contributed by atoms with E-state index in [1.807, 2.05) is 0 Å². The molecule has 0 amide bonds. The van der Waals surface area contributed by atoms with Gasteiger partial charge in [0.05, 0.1) is 26.4 Å². The summed E-state index contributed by atoms with van der Waals surface area (Å²) in [7, 11) is -9.90. The number of phosphoric ester groups is 2. The predicted octanol–water partition coefficient (Wildman–Crippen LogP) is 19.7.